The zero-order valence-electron chi connectivity index (χ0n) is 7.20. The lowest BCUT2D eigenvalue weighted by atomic mass is 10.0. The Labute approximate surface area is 77.6 Å². The minimum Gasteiger partial charge on any atom is -0.306 e. The molecule has 0 radical (unpaired) electrons. The molecule has 0 aromatic rings. The largest absolute Gasteiger partial charge is 0.306 e. The van der Waals surface area contributed by atoms with Gasteiger partial charge in [0.15, 0.2) is 0 Å². The third-order valence-corrected chi connectivity index (χ3v) is 3.63. The van der Waals surface area contributed by atoms with Crippen molar-refractivity contribution in [3.05, 3.63) is 0 Å². The molecule has 72 valence electrons. The van der Waals surface area contributed by atoms with Gasteiger partial charge in [0.05, 0.1) is 0 Å². The Kier molecular flexibility index (Phi) is 2.98. The Morgan fingerprint density at radius 3 is 2.42 bits per heavy atom. The summed E-state index contributed by atoms with van der Waals surface area (Å²) in [5.41, 5.74) is 0. The molecule has 4 nitrogen and oxygen atoms in total. The van der Waals surface area contributed by atoms with Crippen LogP contribution in [0.4, 0.5) is 0 Å². The van der Waals surface area contributed by atoms with Gasteiger partial charge in [-0.15, -0.1) is 0 Å². The molecule has 0 unspecified atom stereocenters. The Balaban J connectivity index is 2.33. The maximum Gasteiger partial charge on any atom is 0.299 e. The number of hydrogen-bond donors (Lipinski definition) is 0. The van der Waals surface area contributed by atoms with E-state index >= 15 is 0 Å². The molecule has 0 N–H and O–H groups in total. The van der Waals surface area contributed by atoms with Crippen molar-refractivity contribution in [2.75, 3.05) is 33.7 Å². The highest BCUT2D eigenvalue weighted by molar-refractivity contribution is 8.11. The van der Waals surface area contributed by atoms with Crippen molar-refractivity contribution in [1.29, 1.82) is 0 Å². The summed E-state index contributed by atoms with van der Waals surface area (Å²) in [6.45, 7) is 2.43. The van der Waals surface area contributed by atoms with Gasteiger partial charge in [0.1, 0.15) is 0 Å². The zero-order valence-corrected chi connectivity index (χ0v) is 8.77. The second-order valence-corrected chi connectivity index (χ2v) is 5.93. The molecule has 1 rings (SSSR count). The molecule has 12 heavy (non-hydrogen) atoms. The molecule has 0 aromatic heterocycles. The van der Waals surface area contributed by atoms with Crippen LogP contribution in [0.15, 0.2) is 0 Å². The topological polar surface area (TPSA) is 40.6 Å². The Hall–Kier alpha value is 0.160. The van der Waals surface area contributed by atoms with Crippen molar-refractivity contribution in [2.24, 2.45) is 5.92 Å². The second kappa shape index (κ2) is 3.49. The lowest BCUT2D eigenvalue weighted by Gasteiger charge is -2.37. The highest BCUT2D eigenvalue weighted by Crippen LogP contribution is 2.16. The first kappa shape index (κ1) is 10.2. The van der Waals surface area contributed by atoms with E-state index in [0.717, 1.165) is 13.1 Å². The minimum absolute atomic E-state index is 0.438. The van der Waals surface area contributed by atoms with E-state index in [-0.39, 0.29) is 0 Å². The van der Waals surface area contributed by atoms with E-state index in [9.17, 15) is 8.42 Å². The van der Waals surface area contributed by atoms with E-state index in [1.54, 1.807) is 0 Å². The first-order valence-electron chi connectivity index (χ1n) is 3.74. The van der Waals surface area contributed by atoms with E-state index in [0.29, 0.717) is 12.5 Å². The molecule has 1 saturated heterocycles. The Bertz CT molecular complexity index is 248. The predicted molar refractivity (Wildman–Crippen MR) is 48.4 cm³/mol. The summed E-state index contributed by atoms with van der Waals surface area (Å²) in [6, 6.07) is 0. The van der Waals surface area contributed by atoms with Crippen LogP contribution in [0.25, 0.3) is 0 Å². The van der Waals surface area contributed by atoms with Crippen LogP contribution in [0.1, 0.15) is 0 Å². The lowest BCUT2D eigenvalue weighted by molar-refractivity contribution is 0.120. The molecular formula is C6H13ClN2O2S. The van der Waals surface area contributed by atoms with Gasteiger partial charge in [-0.1, -0.05) is 0 Å². The van der Waals surface area contributed by atoms with Crippen LogP contribution in [0, 0.1) is 5.92 Å². The van der Waals surface area contributed by atoms with E-state index in [4.69, 9.17) is 10.7 Å². The van der Waals surface area contributed by atoms with Crippen molar-refractivity contribution in [3.8, 4) is 0 Å². The van der Waals surface area contributed by atoms with Crippen LogP contribution in [-0.4, -0.2) is 51.4 Å². The molecule has 0 spiro atoms. The van der Waals surface area contributed by atoms with Crippen LogP contribution in [0.3, 0.4) is 0 Å². The van der Waals surface area contributed by atoms with Gasteiger partial charge in [-0.25, -0.2) is 0 Å². The molecule has 1 heterocycles. The molecule has 0 bridgehead atoms. The lowest BCUT2D eigenvalue weighted by Crippen LogP contribution is -2.48. The van der Waals surface area contributed by atoms with Gasteiger partial charge < -0.3 is 4.90 Å². The van der Waals surface area contributed by atoms with Crippen molar-refractivity contribution in [3.63, 3.8) is 0 Å². The van der Waals surface area contributed by atoms with Crippen LogP contribution in [-0.2, 0) is 9.24 Å². The van der Waals surface area contributed by atoms with E-state index < -0.39 is 9.24 Å². The van der Waals surface area contributed by atoms with Crippen LogP contribution < -0.4 is 0 Å². The van der Waals surface area contributed by atoms with Crippen LogP contribution in [0.2, 0.25) is 0 Å². The summed E-state index contributed by atoms with van der Waals surface area (Å²) in [5.74, 6) is 0.438. The quantitative estimate of drug-likeness (QED) is 0.617. The van der Waals surface area contributed by atoms with Gasteiger partial charge in [-0.05, 0) is 13.0 Å². The monoisotopic (exact) mass is 212 g/mol. The van der Waals surface area contributed by atoms with E-state index in [1.807, 2.05) is 7.05 Å². The van der Waals surface area contributed by atoms with Gasteiger partial charge in [0.2, 0.25) is 0 Å². The maximum absolute atomic E-state index is 10.8. The van der Waals surface area contributed by atoms with Crippen molar-refractivity contribution in [1.82, 2.24) is 9.21 Å². The molecule has 0 saturated carbocycles. The van der Waals surface area contributed by atoms with Crippen molar-refractivity contribution >= 4 is 19.9 Å². The first-order chi connectivity index (χ1) is 5.39. The Morgan fingerprint density at radius 2 is 2.08 bits per heavy atom. The number of hydrogen-bond acceptors (Lipinski definition) is 3. The van der Waals surface area contributed by atoms with Crippen molar-refractivity contribution in [2.45, 2.75) is 0 Å². The summed E-state index contributed by atoms with van der Waals surface area (Å²) in [5, 5.41) is 0. The fraction of sp³-hybridized carbons (Fsp3) is 1.00. The molecule has 0 aliphatic carbocycles. The van der Waals surface area contributed by atoms with E-state index in [2.05, 4.69) is 4.90 Å². The molecule has 0 aromatic carbocycles. The smallest absolute Gasteiger partial charge is 0.299 e. The molecule has 1 aliphatic heterocycles. The van der Waals surface area contributed by atoms with Crippen LogP contribution >= 0.6 is 10.7 Å². The number of rotatable bonds is 3. The fourth-order valence-electron chi connectivity index (χ4n) is 1.40. The highest BCUT2D eigenvalue weighted by Gasteiger charge is 2.27. The SMILES string of the molecule is CN1CC(CN(C)S(=O)(=O)Cl)C1. The summed E-state index contributed by atoms with van der Waals surface area (Å²) >= 11 is 0. The summed E-state index contributed by atoms with van der Waals surface area (Å²) in [6.07, 6.45) is 0. The maximum atomic E-state index is 10.8. The van der Waals surface area contributed by atoms with Gasteiger partial charge >= 0.3 is 0 Å². The predicted octanol–water partition coefficient (Wildman–Crippen LogP) is -0.0366. The minimum atomic E-state index is -3.50. The average Bonchev–Trinajstić information content (AvgIpc) is 1.82. The van der Waals surface area contributed by atoms with E-state index in [1.165, 1.54) is 11.4 Å². The normalized spacial score (nSPS) is 21.3. The van der Waals surface area contributed by atoms with Gasteiger partial charge in [-0.3, -0.25) is 0 Å². The molecule has 1 aliphatic rings. The van der Waals surface area contributed by atoms with Gasteiger partial charge in [0.25, 0.3) is 9.24 Å². The third-order valence-electron chi connectivity index (χ3n) is 2.03. The third kappa shape index (κ3) is 2.58. The highest BCUT2D eigenvalue weighted by atomic mass is 35.7. The molecular weight excluding hydrogens is 200 g/mol. The number of halogens is 1. The van der Waals surface area contributed by atoms with Gasteiger partial charge in [-0.2, -0.15) is 12.7 Å². The standard InChI is InChI=1S/C6H13ClN2O2S/c1-8-3-6(4-8)5-9(2)12(7,10)11/h6H,3-5H2,1-2H3. The first-order valence-corrected chi connectivity index (χ1v) is 6.00. The van der Waals surface area contributed by atoms with Crippen molar-refractivity contribution < 1.29 is 8.42 Å². The average molecular weight is 213 g/mol. The summed E-state index contributed by atoms with van der Waals surface area (Å²) in [7, 11) is 5.13. The summed E-state index contributed by atoms with van der Waals surface area (Å²) < 4.78 is 22.7. The fourth-order valence-corrected chi connectivity index (χ4v) is 1.95. The number of nitrogens with zero attached hydrogens (tertiary/aromatic N) is 2. The van der Waals surface area contributed by atoms with Crippen LogP contribution in [0.5, 0.6) is 0 Å². The zero-order chi connectivity index (χ0) is 9.35. The number of likely N-dealkylation sites (tertiary alicyclic amines) is 1. The molecule has 0 atom stereocenters. The van der Waals surface area contributed by atoms with Gasteiger partial charge in [0, 0.05) is 37.4 Å². The second-order valence-electron chi connectivity index (χ2n) is 3.31. The molecule has 1 fully saturated rings. The molecule has 6 heteroatoms. The Morgan fingerprint density at radius 1 is 1.58 bits per heavy atom. The molecule has 0 amide bonds. The summed E-state index contributed by atoms with van der Waals surface area (Å²) in [4.78, 5) is 2.14.